The molecule has 6 nitrogen and oxygen atoms in total. The molecule has 0 unspecified atom stereocenters. The Balaban J connectivity index is 1.90. The molecule has 1 saturated heterocycles. The molecule has 24 heavy (non-hydrogen) atoms. The number of methoxy groups -OCH3 is 1. The maximum absolute atomic E-state index is 5.48. The third kappa shape index (κ3) is 6.00. The lowest BCUT2D eigenvalue weighted by Crippen LogP contribution is -2.45. The van der Waals surface area contributed by atoms with Crippen LogP contribution in [0.4, 0.5) is 0 Å². The van der Waals surface area contributed by atoms with Crippen LogP contribution in [0.1, 0.15) is 32.3 Å². The van der Waals surface area contributed by atoms with Crippen LogP contribution in [0.25, 0.3) is 0 Å². The van der Waals surface area contributed by atoms with Crippen LogP contribution in [-0.2, 0) is 11.3 Å². The Kier molecular flexibility index (Phi) is 7.82. The fraction of sp³-hybridized carbons (Fsp3) is 0.667. The predicted molar refractivity (Wildman–Crippen MR) is 96.4 cm³/mol. The van der Waals surface area contributed by atoms with Crippen molar-refractivity contribution in [3.8, 4) is 5.88 Å². The van der Waals surface area contributed by atoms with Crippen molar-refractivity contribution in [1.82, 2.24) is 15.2 Å². The Morgan fingerprint density at radius 3 is 2.75 bits per heavy atom. The highest BCUT2D eigenvalue weighted by molar-refractivity contribution is 5.80. The number of hydrogen-bond donors (Lipinski definition) is 1. The quantitative estimate of drug-likeness (QED) is 0.471. The lowest BCUT2D eigenvalue weighted by atomic mass is 10.00. The first-order chi connectivity index (χ1) is 11.7. The number of guanidine groups is 1. The Bertz CT molecular complexity index is 496. The molecule has 0 saturated carbocycles. The average molecular weight is 334 g/mol. The van der Waals surface area contributed by atoms with Crippen molar-refractivity contribution in [3.05, 3.63) is 23.9 Å². The van der Waals surface area contributed by atoms with E-state index in [0.29, 0.717) is 25.6 Å². The summed E-state index contributed by atoms with van der Waals surface area (Å²) in [5, 5.41) is 3.40. The summed E-state index contributed by atoms with van der Waals surface area (Å²) in [6.07, 6.45) is 4.30. The van der Waals surface area contributed by atoms with Gasteiger partial charge in [-0.3, -0.25) is 0 Å². The maximum atomic E-state index is 5.48. The fourth-order valence-electron chi connectivity index (χ4n) is 2.63. The van der Waals surface area contributed by atoms with Gasteiger partial charge in [0.1, 0.15) is 6.61 Å². The highest BCUT2D eigenvalue weighted by Crippen LogP contribution is 2.16. The van der Waals surface area contributed by atoms with Gasteiger partial charge in [-0.2, -0.15) is 0 Å². The first-order valence-electron chi connectivity index (χ1n) is 8.82. The topological polar surface area (TPSA) is 59.0 Å². The second kappa shape index (κ2) is 10.1. The smallest absolute Gasteiger partial charge is 0.213 e. The van der Waals surface area contributed by atoms with Crippen LogP contribution < -0.4 is 10.1 Å². The summed E-state index contributed by atoms with van der Waals surface area (Å²) in [4.78, 5) is 11.4. The van der Waals surface area contributed by atoms with Crippen LogP contribution in [0.15, 0.2) is 23.3 Å². The van der Waals surface area contributed by atoms with Gasteiger partial charge >= 0.3 is 0 Å². The van der Waals surface area contributed by atoms with E-state index in [1.54, 1.807) is 7.11 Å². The summed E-state index contributed by atoms with van der Waals surface area (Å²) >= 11 is 0. The van der Waals surface area contributed by atoms with E-state index in [4.69, 9.17) is 14.5 Å². The number of nitrogens with one attached hydrogen (secondary N) is 1. The lowest BCUT2D eigenvalue weighted by Gasteiger charge is -2.33. The third-order valence-electron chi connectivity index (χ3n) is 4.16. The largest absolute Gasteiger partial charge is 0.475 e. The van der Waals surface area contributed by atoms with E-state index < -0.39 is 0 Å². The Morgan fingerprint density at radius 1 is 1.33 bits per heavy atom. The molecule has 0 aliphatic carbocycles. The molecule has 2 heterocycles. The number of aliphatic imine (C=N–C) groups is 1. The van der Waals surface area contributed by atoms with Crippen molar-refractivity contribution in [2.45, 2.75) is 33.2 Å². The molecular weight excluding hydrogens is 304 g/mol. The Morgan fingerprint density at radius 2 is 2.12 bits per heavy atom. The van der Waals surface area contributed by atoms with Crippen LogP contribution in [0.2, 0.25) is 0 Å². The predicted octanol–water partition coefficient (Wildman–Crippen LogP) is 2.30. The van der Waals surface area contributed by atoms with Crippen molar-refractivity contribution in [1.29, 1.82) is 0 Å². The summed E-state index contributed by atoms with van der Waals surface area (Å²) in [5.74, 6) is 2.44. The van der Waals surface area contributed by atoms with E-state index in [9.17, 15) is 0 Å². The number of aromatic nitrogens is 1. The number of nitrogens with zero attached hydrogens (tertiary/aromatic N) is 3. The fourth-order valence-corrected chi connectivity index (χ4v) is 2.63. The van der Waals surface area contributed by atoms with Crippen molar-refractivity contribution in [3.63, 3.8) is 0 Å². The molecule has 1 aromatic rings. The van der Waals surface area contributed by atoms with E-state index in [1.165, 1.54) is 12.8 Å². The first-order valence-corrected chi connectivity index (χ1v) is 8.82. The summed E-state index contributed by atoms with van der Waals surface area (Å²) in [6, 6.07) is 3.90. The minimum atomic E-state index is 0.513. The molecule has 0 aromatic carbocycles. The van der Waals surface area contributed by atoms with Gasteiger partial charge in [-0.05, 0) is 31.2 Å². The van der Waals surface area contributed by atoms with Gasteiger partial charge in [0.2, 0.25) is 5.88 Å². The van der Waals surface area contributed by atoms with E-state index in [2.05, 4.69) is 29.0 Å². The molecule has 0 radical (unpaired) electrons. The van der Waals surface area contributed by atoms with Crippen molar-refractivity contribution >= 4 is 5.96 Å². The van der Waals surface area contributed by atoms with Gasteiger partial charge in [0.05, 0.1) is 13.2 Å². The number of hydrogen-bond acceptors (Lipinski definition) is 4. The molecule has 1 aromatic heterocycles. The standard InChI is InChI=1S/C18H30N4O2/c1-4-19-18(22-9-7-15(2)8-10-22)21-14-16-5-6-17(20-13-16)24-12-11-23-3/h5-6,13,15H,4,7-12,14H2,1-3H3,(H,19,21). The molecule has 1 aliphatic rings. The van der Waals surface area contributed by atoms with Gasteiger partial charge in [-0.15, -0.1) is 0 Å². The third-order valence-corrected chi connectivity index (χ3v) is 4.16. The average Bonchev–Trinajstić information content (AvgIpc) is 2.61. The van der Waals surface area contributed by atoms with E-state index >= 15 is 0 Å². The number of rotatable bonds is 7. The van der Waals surface area contributed by atoms with Gasteiger partial charge < -0.3 is 19.7 Å². The molecule has 0 bridgehead atoms. The van der Waals surface area contributed by atoms with E-state index in [1.807, 2.05) is 18.3 Å². The maximum Gasteiger partial charge on any atom is 0.213 e. The van der Waals surface area contributed by atoms with Crippen LogP contribution in [-0.4, -0.2) is 55.8 Å². The van der Waals surface area contributed by atoms with Crippen molar-refractivity contribution in [2.75, 3.05) is 40.0 Å². The number of likely N-dealkylation sites (tertiary alicyclic amines) is 1. The Hall–Kier alpha value is -1.82. The van der Waals surface area contributed by atoms with Crippen LogP contribution in [0.3, 0.4) is 0 Å². The molecule has 0 atom stereocenters. The number of piperidine rings is 1. The van der Waals surface area contributed by atoms with E-state index in [0.717, 1.165) is 37.1 Å². The van der Waals surface area contributed by atoms with Crippen LogP contribution in [0.5, 0.6) is 5.88 Å². The summed E-state index contributed by atoms with van der Waals surface area (Å²) in [5.41, 5.74) is 1.08. The van der Waals surface area contributed by atoms with Crippen LogP contribution >= 0.6 is 0 Å². The normalized spacial score (nSPS) is 16.3. The molecule has 6 heteroatoms. The summed E-state index contributed by atoms with van der Waals surface area (Å²) < 4.78 is 10.4. The summed E-state index contributed by atoms with van der Waals surface area (Å²) in [6.45, 7) is 9.18. The minimum Gasteiger partial charge on any atom is -0.475 e. The zero-order valence-electron chi connectivity index (χ0n) is 15.1. The molecule has 134 valence electrons. The van der Waals surface area contributed by atoms with Crippen molar-refractivity contribution < 1.29 is 9.47 Å². The molecular formula is C18H30N4O2. The molecule has 1 aliphatic heterocycles. The minimum absolute atomic E-state index is 0.513. The number of ether oxygens (including phenoxy) is 2. The van der Waals surface area contributed by atoms with Gasteiger partial charge in [0.15, 0.2) is 5.96 Å². The van der Waals surface area contributed by atoms with Gasteiger partial charge in [0, 0.05) is 39.0 Å². The molecule has 1 fully saturated rings. The SMILES string of the molecule is CCNC(=NCc1ccc(OCCOC)nc1)N1CCC(C)CC1. The number of pyridine rings is 1. The van der Waals surface area contributed by atoms with E-state index in [-0.39, 0.29) is 0 Å². The molecule has 2 rings (SSSR count). The lowest BCUT2D eigenvalue weighted by molar-refractivity contribution is 0.143. The van der Waals surface area contributed by atoms with Gasteiger partial charge in [-0.25, -0.2) is 9.98 Å². The first kappa shape index (κ1) is 18.5. The zero-order valence-corrected chi connectivity index (χ0v) is 15.1. The second-order valence-electron chi connectivity index (χ2n) is 6.19. The van der Waals surface area contributed by atoms with Crippen molar-refractivity contribution in [2.24, 2.45) is 10.9 Å². The van der Waals surface area contributed by atoms with Crippen LogP contribution in [0, 0.1) is 5.92 Å². The Labute approximate surface area is 145 Å². The molecule has 0 amide bonds. The van der Waals surface area contributed by atoms with Gasteiger partial charge in [0.25, 0.3) is 0 Å². The second-order valence-corrected chi connectivity index (χ2v) is 6.19. The summed E-state index contributed by atoms with van der Waals surface area (Å²) in [7, 11) is 1.66. The molecule has 1 N–H and O–H groups in total. The molecule has 0 spiro atoms. The highest BCUT2D eigenvalue weighted by Gasteiger charge is 2.18. The van der Waals surface area contributed by atoms with Gasteiger partial charge in [-0.1, -0.05) is 13.0 Å². The zero-order chi connectivity index (χ0) is 17.2. The monoisotopic (exact) mass is 334 g/mol. The highest BCUT2D eigenvalue weighted by atomic mass is 16.5.